The molecule has 6 heteroatoms. The van der Waals surface area contributed by atoms with Crippen LogP contribution in [0, 0.1) is 0 Å². The molecule has 1 saturated carbocycles. The molecule has 2 N–H and O–H groups in total. The van der Waals surface area contributed by atoms with Crippen molar-refractivity contribution in [3.63, 3.8) is 0 Å². The smallest absolute Gasteiger partial charge is 0.255 e. The number of carbonyl (C=O) groups excluding carboxylic acids is 2. The van der Waals surface area contributed by atoms with Gasteiger partial charge in [0, 0.05) is 25.2 Å². The summed E-state index contributed by atoms with van der Waals surface area (Å²) in [6, 6.07) is 5.39. The van der Waals surface area contributed by atoms with Gasteiger partial charge in [-0.05, 0) is 51.1 Å². The summed E-state index contributed by atoms with van der Waals surface area (Å²) in [4.78, 5) is 26.4. The number of nitrogens with one attached hydrogen (secondary N) is 2. The molecule has 1 aliphatic rings. The Labute approximate surface area is 155 Å². The molecule has 0 bridgehead atoms. The monoisotopic (exact) mass is 365 g/mol. The summed E-state index contributed by atoms with van der Waals surface area (Å²) >= 11 is 6.31. The number of hydrogen-bond donors (Lipinski definition) is 2. The Kier molecular flexibility index (Phi) is 7.72. The summed E-state index contributed by atoms with van der Waals surface area (Å²) in [5.41, 5.74) is 1.11. The van der Waals surface area contributed by atoms with Crippen LogP contribution in [0.1, 0.15) is 55.3 Å². The van der Waals surface area contributed by atoms with E-state index >= 15 is 0 Å². The average molecular weight is 366 g/mol. The number of nitrogens with zero attached hydrogens (tertiary/aromatic N) is 1. The van der Waals surface area contributed by atoms with Gasteiger partial charge in [-0.2, -0.15) is 0 Å². The minimum absolute atomic E-state index is 0.0512. The van der Waals surface area contributed by atoms with Crippen LogP contribution in [0.4, 0.5) is 5.69 Å². The van der Waals surface area contributed by atoms with Gasteiger partial charge in [-0.1, -0.05) is 30.9 Å². The summed E-state index contributed by atoms with van der Waals surface area (Å²) in [5, 5.41) is 6.21. The van der Waals surface area contributed by atoms with Crippen LogP contribution in [0.25, 0.3) is 0 Å². The van der Waals surface area contributed by atoms with Crippen molar-refractivity contribution in [2.75, 3.05) is 26.0 Å². The standard InChI is InChI=1S/C19H28ClN3O2/c1-21-12-6-9-18(24)22-14-10-11-16(17(20)13-14)19(25)23(2)15-7-4-3-5-8-15/h10-11,13,15,21H,3-9,12H2,1-2H3,(H,22,24). The second-order valence-electron chi connectivity index (χ2n) is 6.66. The maximum atomic E-state index is 12.7. The molecular weight excluding hydrogens is 338 g/mol. The molecule has 0 aromatic heterocycles. The lowest BCUT2D eigenvalue weighted by Crippen LogP contribution is -2.38. The zero-order valence-corrected chi connectivity index (χ0v) is 15.9. The molecule has 0 atom stereocenters. The van der Waals surface area contributed by atoms with Gasteiger partial charge in [0.2, 0.25) is 5.91 Å². The van der Waals surface area contributed by atoms with Crippen LogP contribution in [-0.4, -0.2) is 43.4 Å². The van der Waals surface area contributed by atoms with Crippen molar-refractivity contribution >= 4 is 29.1 Å². The van der Waals surface area contributed by atoms with Crippen molar-refractivity contribution in [2.45, 2.75) is 51.0 Å². The van der Waals surface area contributed by atoms with E-state index in [2.05, 4.69) is 10.6 Å². The van der Waals surface area contributed by atoms with Gasteiger partial charge in [0.05, 0.1) is 10.6 Å². The largest absolute Gasteiger partial charge is 0.339 e. The van der Waals surface area contributed by atoms with Gasteiger partial charge >= 0.3 is 0 Å². The number of carbonyl (C=O) groups is 2. The summed E-state index contributed by atoms with van der Waals surface area (Å²) in [7, 11) is 3.71. The van der Waals surface area contributed by atoms with E-state index < -0.39 is 0 Å². The molecule has 0 heterocycles. The third kappa shape index (κ3) is 5.72. The highest BCUT2D eigenvalue weighted by molar-refractivity contribution is 6.34. The molecule has 0 spiro atoms. The highest BCUT2D eigenvalue weighted by Crippen LogP contribution is 2.26. The zero-order valence-electron chi connectivity index (χ0n) is 15.1. The lowest BCUT2D eigenvalue weighted by Gasteiger charge is -2.31. The number of anilines is 1. The van der Waals surface area contributed by atoms with E-state index in [4.69, 9.17) is 11.6 Å². The fourth-order valence-electron chi connectivity index (χ4n) is 3.24. The molecule has 0 saturated heterocycles. The van der Waals surface area contributed by atoms with Crippen molar-refractivity contribution in [3.05, 3.63) is 28.8 Å². The van der Waals surface area contributed by atoms with Gasteiger partial charge in [-0.3, -0.25) is 9.59 Å². The number of halogens is 1. The second kappa shape index (κ2) is 9.78. The molecule has 0 radical (unpaired) electrons. The second-order valence-corrected chi connectivity index (χ2v) is 7.07. The van der Waals surface area contributed by atoms with Crippen LogP contribution < -0.4 is 10.6 Å². The van der Waals surface area contributed by atoms with Gasteiger partial charge in [0.1, 0.15) is 0 Å². The topological polar surface area (TPSA) is 61.4 Å². The van der Waals surface area contributed by atoms with Crippen molar-refractivity contribution in [1.29, 1.82) is 0 Å². The van der Waals surface area contributed by atoms with Crippen molar-refractivity contribution in [2.24, 2.45) is 0 Å². The fraction of sp³-hybridized carbons (Fsp3) is 0.579. The first-order valence-corrected chi connectivity index (χ1v) is 9.42. The molecule has 138 valence electrons. The van der Waals surface area contributed by atoms with Crippen LogP contribution >= 0.6 is 11.6 Å². The lowest BCUT2D eigenvalue weighted by molar-refractivity contribution is -0.116. The lowest BCUT2D eigenvalue weighted by atomic mass is 9.94. The Morgan fingerprint density at radius 1 is 1.24 bits per heavy atom. The summed E-state index contributed by atoms with van der Waals surface area (Å²) < 4.78 is 0. The van der Waals surface area contributed by atoms with Gasteiger partial charge in [0.15, 0.2) is 0 Å². The van der Waals surface area contributed by atoms with Crippen LogP contribution in [0.3, 0.4) is 0 Å². The first-order valence-electron chi connectivity index (χ1n) is 9.04. The van der Waals surface area contributed by atoms with Gasteiger partial charge in [-0.25, -0.2) is 0 Å². The Morgan fingerprint density at radius 3 is 2.60 bits per heavy atom. The van der Waals surface area contributed by atoms with Gasteiger partial charge < -0.3 is 15.5 Å². The third-order valence-electron chi connectivity index (χ3n) is 4.76. The summed E-state index contributed by atoms with van der Waals surface area (Å²) in [5.74, 6) is -0.103. The van der Waals surface area contributed by atoms with E-state index in [1.54, 1.807) is 18.2 Å². The number of rotatable bonds is 7. The van der Waals surface area contributed by atoms with Crippen molar-refractivity contribution in [1.82, 2.24) is 10.2 Å². The van der Waals surface area contributed by atoms with Gasteiger partial charge in [0.25, 0.3) is 5.91 Å². The zero-order chi connectivity index (χ0) is 18.2. The Hall–Kier alpha value is -1.59. The van der Waals surface area contributed by atoms with E-state index in [0.717, 1.165) is 25.8 Å². The summed E-state index contributed by atoms with van der Waals surface area (Å²) in [6.45, 7) is 0.801. The van der Waals surface area contributed by atoms with E-state index in [0.29, 0.717) is 28.7 Å². The van der Waals surface area contributed by atoms with Crippen LogP contribution in [-0.2, 0) is 4.79 Å². The van der Waals surface area contributed by atoms with E-state index in [9.17, 15) is 9.59 Å². The molecule has 5 nitrogen and oxygen atoms in total. The highest BCUT2D eigenvalue weighted by atomic mass is 35.5. The van der Waals surface area contributed by atoms with Crippen LogP contribution in [0.15, 0.2) is 18.2 Å². The molecular formula is C19H28ClN3O2. The minimum Gasteiger partial charge on any atom is -0.339 e. The van der Waals surface area contributed by atoms with E-state index in [1.807, 2.05) is 19.0 Å². The predicted molar refractivity (Wildman–Crippen MR) is 102 cm³/mol. The average Bonchev–Trinajstić information content (AvgIpc) is 2.61. The molecule has 1 aliphatic carbocycles. The molecule has 0 unspecified atom stereocenters. The fourth-order valence-corrected chi connectivity index (χ4v) is 3.50. The number of benzene rings is 1. The van der Waals surface area contributed by atoms with Crippen molar-refractivity contribution in [3.8, 4) is 0 Å². The SMILES string of the molecule is CNCCCC(=O)Nc1ccc(C(=O)N(C)C2CCCCC2)c(Cl)c1. The number of hydrogen-bond acceptors (Lipinski definition) is 3. The van der Waals surface area contributed by atoms with E-state index in [1.165, 1.54) is 19.3 Å². The maximum Gasteiger partial charge on any atom is 0.255 e. The molecule has 25 heavy (non-hydrogen) atoms. The minimum atomic E-state index is -0.0520. The predicted octanol–water partition coefficient (Wildman–Crippen LogP) is 3.68. The van der Waals surface area contributed by atoms with Crippen LogP contribution in [0.2, 0.25) is 5.02 Å². The quantitative estimate of drug-likeness (QED) is 0.724. The normalized spacial score (nSPS) is 15.0. The summed E-state index contributed by atoms with van der Waals surface area (Å²) in [6.07, 6.45) is 6.94. The Balaban J connectivity index is 1.98. The molecule has 0 aliphatic heterocycles. The molecule has 1 fully saturated rings. The Bertz CT molecular complexity index is 600. The third-order valence-corrected chi connectivity index (χ3v) is 5.07. The number of amides is 2. The van der Waals surface area contributed by atoms with Gasteiger partial charge in [-0.15, -0.1) is 0 Å². The first kappa shape index (κ1) is 19.7. The molecule has 1 aromatic rings. The molecule has 2 amide bonds. The Morgan fingerprint density at radius 2 is 1.96 bits per heavy atom. The highest BCUT2D eigenvalue weighted by Gasteiger charge is 2.24. The first-order chi connectivity index (χ1) is 12.0. The van der Waals surface area contributed by atoms with Crippen LogP contribution in [0.5, 0.6) is 0 Å². The molecule has 2 rings (SSSR count). The molecule has 1 aromatic carbocycles. The van der Waals surface area contributed by atoms with E-state index in [-0.39, 0.29) is 11.8 Å². The maximum absolute atomic E-state index is 12.7. The van der Waals surface area contributed by atoms with Crippen molar-refractivity contribution < 1.29 is 9.59 Å².